The van der Waals surface area contributed by atoms with Crippen molar-refractivity contribution in [3.8, 4) is 5.75 Å². The van der Waals surface area contributed by atoms with E-state index in [-0.39, 0.29) is 17.7 Å². The lowest BCUT2D eigenvalue weighted by Crippen LogP contribution is -2.53. The van der Waals surface area contributed by atoms with Gasteiger partial charge in [0, 0.05) is 38.9 Å². The molecule has 4 heterocycles. The van der Waals surface area contributed by atoms with E-state index in [2.05, 4.69) is 31.5 Å². The van der Waals surface area contributed by atoms with Gasteiger partial charge >= 0.3 is 0 Å². The fraction of sp³-hybridized carbons (Fsp3) is 0.207. The average Bonchev–Trinajstić information content (AvgIpc) is 3.63. The first-order chi connectivity index (χ1) is 18.4. The number of nitrogens with zero attached hydrogens (tertiary/aromatic N) is 1. The SMILES string of the molecule is COc1ccc(N2C(=O)[C@@H]3[C@H](Cc4c[nH]c5ccccc45)N[C@@]4(C(=O)Nc5ccc(Br)cc54)[C@H]3C2=O)cc1. The van der Waals surface area contributed by atoms with Crippen LogP contribution in [0.5, 0.6) is 5.75 Å². The van der Waals surface area contributed by atoms with Gasteiger partial charge in [0.15, 0.2) is 0 Å². The number of ether oxygens (including phenoxy) is 1. The zero-order chi connectivity index (χ0) is 26.2. The molecule has 4 atom stereocenters. The van der Waals surface area contributed by atoms with Crippen LogP contribution in [0.4, 0.5) is 11.4 Å². The summed E-state index contributed by atoms with van der Waals surface area (Å²) in [7, 11) is 1.56. The zero-order valence-electron chi connectivity index (χ0n) is 20.3. The van der Waals surface area contributed by atoms with Gasteiger partial charge in [0.2, 0.25) is 17.7 Å². The van der Waals surface area contributed by atoms with E-state index in [1.54, 1.807) is 31.4 Å². The molecular formula is C29H23BrN4O4. The van der Waals surface area contributed by atoms with Crippen LogP contribution in [0.15, 0.2) is 77.4 Å². The van der Waals surface area contributed by atoms with Crippen molar-refractivity contribution in [3.63, 3.8) is 0 Å². The fourth-order valence-electron chi connectivity index (χ4n) is 6.47. The molecule has 3 aromatic carbocycles. The van der Waals surface area contributed by atoms with Gasteiger partial charge in [0.25, 0.3) is 0 Å². The number of hydrogen-bond donors (Lipinski definition) is 3. The highest BCUT2D eigenvalue weighted by atomic mass is 79.9. The Labute approximate surface area is 226 Å². The Morgan fingerprint density at radius 3 is 2.58 bits per heavy atom. The largest absolute Gasteiger partial charge is 0.497 e. The monoisotopic (exact) mass is 570 g/mol. The summed E-state index contributed by atoms with van der Waals surface area (Å²) in [5.41, 5.74) is 2.42. The number of anilines is 2. The van der Waals surface area contributed by atoms with E-state index in [1.165, 1.54) is 4.90 Å². The van der Waals surface area contributed by atoms with Gasteiger partial charge in [-0.15, -0.1) is 0 Å². The number of nitrogens with one attached hydrogen (secondary N) is 3. The molecule has 3 N–H and O–H groups in total. The maximum Gasteiger partial charge on any atom is 0.250 e. The summed E-state index contributed by atoms with van der Waals surface area (Å²) in [4.78, 5) is 46.5. The van der Waals surface area contributed by atoms with E-state index in [9.17, 15) is 14.4 Å². The Kier molecular flexibility index (Phi) is 5.05. The normalized spacial score (nSPS) is 25.8. The molecule has 0 saturated carbocycles. The lowest BCUT2D eigenvalue weighted by atomic mass is 9.76. The van der Waals surface area contributed by atoms with Crippen LogP contribution in [0.3, 0.4) is 0 Å². The highest BCUT2D eigenvalue weighted by Crippen LogP contribution is 2.54. The van der Waals surface area contributed by atoms with E-state index in [0.29, 0.717) is 29.1 Å². The van der Waals surface area contributed by atoms with Gasteiger partial charge in [0.1, 0.15) is 11.3 Å². The van der Waals surface area contributed by atoms with Crippen molar-refractivity contribution in [2.45, 2.75) is 18.0 Å². The van der Waals surface area contributed by atoms with Gasteiger partial charge in [-0.3, -0.25) is 19.7 Å². The number of amides is 3. The third-order valence-corrected chi connectivity index (χ3v) is 8.62. The minimum Gasteiger partial charge on any atom is -0.497 e. The van der Waals surface area contributed by atoms with Crippen LogP contribution in [0, 0.1) is 11.8 Å². The number of hydrogen-bond acceptors (Lipinski definition) is 5. The summed E-state index contributed by atoms with van der Waals surface area (Å²) in [5.74, 6) is -2.02. The molecular weight excluding hydrogens is 548 g/mol. The van der Waals surface area contributed by atoms with Crippen molar-refractivity contribution in [2.24, 2.45) is 11.8 Å². The summed E-state index contributed by atoms with van der Waals surface area (Å²) in [6.07, 6.45) is 2.41. The molecule has 3 aliphatic heterocycles. The molecule has 1 spiro atoms. The van der Waals surface area contributed by atoms with Crippen molar-refractivity contribution in [2.75, 3.05) is 17.3 Å². The average molecular weight is 571 g/mol. The number of benzene rings is 3. The maximum absolute atomic E-state index is 14.2. The van der Waals surface area contributed by atoms with Crippen LogP contribution in [0.2, 0.25) is 0 Å². The summed E-state index contributed by atoms with van der Waals surface area (Å²) >= 11 is 3.52. The van der Waals surface area contributed by atoms with Gasteiger partial charge in [-0.2, -0.15) is 0 Å². The molecule has 0 radical (unpaired) electrons. The standard InChI is InChI=1S/C29H23BrN4O4/c1-38-18-9-7-17(8-10-18)34-26(35)24-23(12-15-14-31-21-5-3-2-4-19(15)21)33-29(25(24)27(34)36)20-13-16(30)6-11-22(20)32-28(29)37/h2-11,13-14,23-25,31,33H,12H2,1H3,(H,32,37)/t23-,24+,25+,29+/m0/s1. The molecule has 4 aromatic rings. The molecule has 7 rings (SSSR count). The number of imide groups is 1. The fourth-order valence-corrected chi connectivity index (χ4v) is 6.83. The lowest BCUT2D eigenvalue weighted by molar-refractivity contribution is -0.130. The van der Waals surface area contributed by atoms with Crippen LogP contribution in [-0.2, 0) is 26.3 Å². The Morgan fingerprint density at radius 1 is 1.00 bits per heavy atom. The Bertz CT molecular complexity index is 1650. The van der Waals surface area contributed by atoms with Crippen molar-refractivity contribution in [1.82, 2.24) is 10.3 Å². The number of fused-ring (bicyclic) bond motifs is 5. The van der Waals surface area contributed by atoms with Gasteiger partial charge in [-0.1, -0.05) is 34.1 Å². The Hall–Kier alpha value is -3.95. The van der Waals surface area contributed by atoms with Crippen LogP contribution < -0.4 is 20.3 Å². The number of H-pyrrole nitrogens is 1. The van der Waals surface area contributed by atoms with E-state index in [4.69, 9.17) is 4.74 Å². The second-order valence-electron chi connectivity index (χ2n) is 9.98. The van der Waals surface area contributed by atoms with Crippen LogP contribution in [0.25, 0.3) is 10.9 Å². The minimum absolute atomic E-state index is 0.310. The van der Waals surface area contributed by atoms with Gasteiger partial charge in [-0.05, 0) is 60.5 Å². The first kappa shape index (κ1) is 23.2. The predicted molar refractivity (Wildman–Crippen MR) is 146 cm³/mol. The number of carbonyl (C=O) groups is 3. The molecule has 3 aliphatic rings. The molecule has 0 unspecified atom stereocenters. The molecule has 3 amide bonds. The van der Waals surface area contributed by atoms with Crippen LogP contribution in [-0.4, -0.2) is 35.9 Å². The molecule has 38 heavy (non-hydrogen) atoms. The van der Waals surface area contributed by atoms with E-state index in [0.717, 1.165) is 20.9 Å². The summed E-state index contributed by atoms with van der Waals surface area (Å²) in [5, 5.41) is 7.53. The summed E-state index contributed by atoms with van der Waals surface area (Å²) in [6, 6.07) is 19.9. The first-order valence-corrected chi connectivity index (χ1v) is 13.2. The van der Waals surface area contributed by atoms with Crippen LogP contribution >= 0.6 is 15.9 Å². The molecule has 9 heteroatoms. The minimum atomic E-state index is -1.37. The third-order valence-electron chi connectivity index (χ3n) is 8.12. The highest BCUT2D eigenvalue weighted by Gasteiger charge is 2.70. The lowest BCUT2D eigenvalue weighted by Gasteiger charge is -2.29. The van der Waals surface area contributed by atoms with Gasteiger partial charge in [0.05, 0.1) is 24.6 Å². The number of aromatic nitrogens is 1. The second kappa shape index (κ2) is 8.28. The molecule has 8 nitrogen and oxygen atoms in total. The second-order valence-corrected chi connectivity index (χ2v) is 10.9. The van der Waals surface area contributed by atoms with Gasteiger partial charge < -0.3 is 15.0 Å². The zero-order valence-corrected chi connectivity index (χ0v) is 21.9. The van der Waals surface area contributed by atoms with Crippen molar-refractivity contribution in [1.29, 1.82) is 0 Å². The van der Waals surface area contributed by atoms with E-state index < -0.39 is 23.4 Å². The Balaban J connectivity index is 1.37. The molecule has 0 aliphatic carbocycles. The summed E-state index contributed by atoms with van der Waals surface area (Å²) in [6.45, 7) is 0. The number of rotatable bonds is 4. The highest BCUT2D eigenvalue weighted by molar-refractivity contribution is 9.10. The van der Waals surface area contributed by atoms with Crippen molar-refractivity contribution >= 4 is 55.9 Å². The number of methoxy groups -OCH3 is 1. The molecule has 1 aromatic heterocycles. The van der Waals surface area contributed by atoms with Crippen molar-refractivity contribution in [3.05, 3.63) is 88.5 Å². The summed E-state index contributed by atoms with van der Waals surface area (Å²) < 4.78 is 6.04. The van der Waals surface area contributed by atoms with E-state index in [1.807, 2.05) is 48.7 Å². The number of halogens is 1. The first-order valence-electron chi connectivity index (χ1n) is 12.4. The quantitative estimate of drug-likeness (QED) is 0.320. The molecule has 190 valence electrons. The number of para-hydroxylation sites is 1. The van der Waals surface area contributed by atoms with Crippen LogP contribution in [0.1, 0.15) is 11.1 Å². The van der Waals surface area contributed by atoms with Crippen molar-refractivity contribution < 1.29 is 19.1 Å². The number of carbonyl (C=O) groups excluding carboxylic acids is 3. The number of aromatic amines is 1. The maximum atomic E-state index is 14.2. The predicted octanol–water partition coefficient (Wildman–Crippen LogP) is 4.11. The topological polar surface area (TPSA) is 104 Å². The van der Waals surface area contributed by atoms with Gasteiger partial charge in [-0.25, -0.2) is 4.90 Å². The molecule has 2 saturated heterocycles. The molecule has 2 fully saturated rings. The molecule has 0 bridgehead atoms. The smallest absolute Gasteiger partial charge is 0.250 e. The van der Waals surface area contributed by atoms with E-state index >= 15 is 0 Å². The Morgan fingerprint density at radius 2 is 1.79 bits per heavy atom. The third kappa shape index (κ3) is 3.09.